The lowest BCUT2D eigenvalue weighted by Crippen LogP contribution is -2.48. The first kappa shape index (κ1) is 14.2. The highest BCUT2D eigenvalue weighted by molar-refractivity contribution is 6.01. The number of piperidine rings is 1. The van der Waals surface area contributed by atoms with Gasteiger partial charge in [0.25, 0.3) is 5.91 Å². The molecule has 1 saturated heterocycles. The Morgan fingerprint density at radius 3 is 2.75 bits per heavy atom. The number of aromatic nitrogens is 2. The van der Waals surface area contributed by atoms with Gasteiger partial charge in [-0.05, 0) is 13.3 Å². The van der Waals surface area contributed by atoms with Crippen LogP contribution in [-0.2, 0) is 16.0 Å². The van der Waals surface area contributed by atoms with E-state index >= 15 is 0 Å². The number of likely N-dealkylation sites (N-methyl/N-ethyl adjacent to an activating group) is 1. The van der Waals surface area contributed by atoms with Gasteiger partial charge in [0.2, 0.25) is 5.91 Å². The number of aryl methyl sites for hydroxylation is 1. The Balaban J connectivity index is 2.24. The van der Waals surface area contributed by atoms with Crippen LogP contribution < -0.4 is 11.1 Å². The van der Waals surface area contributed by atoms with Crippen LogP contribution in [-0.4, -0.2) is 39.8 Å². The number of carbonyl (C=O) groups excluding carboxylic acids is 2. The Morgan fingerprint density at radius 2 is 2.10 bits per heavy atom. The van der Waals surface area contributed by atoms with Gasteiger partial charge in [-0.15, -0.1) is 0 Å². The third-order valence-corrected chi connectivity index (χ3v) is 3.51. The van der Waals surface area contributed by atoms with Crippen LogP contribution >= 0.6 is 0 Å². The molecule has 1 unspecified atom stereocenters. The lowest BCUT2D eigenvalue weighted by molar-refractivity contribution is -0.146. The molecule has 2 rings (SSSR count). The maximum absolute atomic E-state index is 12.1. The van der Waals surface area contributed by atoms with Crippen molar-refractivity contribution in [1.82, 2.24) is 14.9 Å². The van der Waals surface area contributed by atoms with Gasteiger partial charge < -0.3 is 11.1 Å². The van der Waals surface area contributed by atoms with Gasteiger partial charge in [-0.2, -0.15) is 0 Å². The number of imide groups is 1. The van der Waals surface area contributed by atoms with Crippen LogP contribution in [0.1, 0.15) is 31.2 Å². The molecule has 0 bridgehead atoms. The zero-order valence-electron chi connectivity index (χ0n) is 11.9. The van der Waals surface area contributed by atoms with Crippen molar-refractivity contribution in [1.29, 1.82) is 0 Å². The number of amides is 2. The van der Waals surface area contributed by atoms with Gasteiger partial charge in [0.05, 0.1) is 0 Å². The third kappa shape index (κ3) is 2.56. The fourth-order valence-electron chi connectivity index (χ4n) is 2.10. The predicted molar refractivity (Wildman–Crippen MR) is 75.0 cm³/mol. The van der Waals surface area contributed by atoms with Crippen LogP contribution in [0.15, 0.2) is 0 Å². The zero-order valence-corrected chi connectivity index (χ0v) is 11.9. The number of hydrogen-bond donors (Lipinski definition) is 2. The Bertz CT molecular complexity index is 558. The minimum absolute atomic E-state index is 0.152. The first-order chi connectivity index (χ1) is 9.43. The average molecular weight is 277 g/mol. The molecule has 0 aromatic carbocycles. The summed E-state index contributed by atoms with van der Waals surface area (Å²) in [7, 11) is 1.50. The molecule has 2 amide bonds. The summed E-state index contributed by atoms with van der Waals surface area (Å²) < 4.78 is 0. The summed E-state index contributed by atoms with van der Waals surface area (Å²) in [6.07, 6.45) is 1.48. The standard InChI is InChI=1S/C13H19N5O2/c1-4-9-16-11(14)7(2)12(17-9)15-8-5-6-10(19)18(3)13(8)20/h8H,4-6H2,1-3H3,(H3,14,15,16,17). The second-order valence-corrected chi connectivity index (χ2v) is 4.88. The molecule has 1 aliphatic heterocycles. The van der Waals surface area contributed by atoms with Gasteiger partial charge in [-0.1, -0.05) is 6.92 Å². The molecule has 3 N–H and O–H groups in total. The van der Waals surface area contributed by atoms with E-state index in [0.29, 0.717) is 36.7 Å². The van der Waals surface area contributed by atoms with Crippen molar-refractivity contribution in [2.45, 2.75) is 39.2 Å². The largest absolute Gasteiger partial charge is 0.383 e. The smallest absolute Gasteiger partial charge is 0.251 e. The Labute approximate surface area is 117 Å². The van der Waals surface area contributed by atoms with E-state index in [9.17, 15) is 9.59 Å². The van der Waals surface area contributed by atoms with Crippen LogP contribution in [0.5, 0.6) is 0 Å². The zero-order chi connectivity index (χ0) is 14.9. The van der Waals surface area contributed by atoms with Crippen molar-refractivity contribution in [3.05, 3.63) is 11.4 Å². The van der Waals surface area contributed by atoms with Gasteiger partial charge in [-0.25, -0.2) is 9.97 Å². The summed E-state index contributed by atoms with van der Waals surface area (Å²) in [5.41, 5.74) is 6.56. The predicted octanol–water partition coefficient (Wildman–Crippen LogP) is 0.489. The van der Waals surface area contributed by atoms with Crippen LogP contribution in [0.2, 0.25) is 0 Å². The quantitative estimate of drug-likeness (QED) is 0.780. The molecule has 1 aromatic rings. The summed E-state index contributed by atoms with van der Waals surface area (Å²) in [6, 6.07) is -0.449. The van der Waals surface area contributed by atoms with Crippen molar-refractivity contribution in [3.63, 3.8) is 0 Å². The Morgan fingerprint density at radius 1 is 1.40 bits per heavy atom. The number of nitrogens with two attached hydrogens (primary N) is 1. The normalized spacial score (nSPS) is 19.4. The maximum atomic E-state index is 12.1. The number of nitrogen functional groups attached to an aromatic ring is 1. The summed E-state index contributed by atoms with van der Waals surface area (Å²) in [5, 5.41) is 3.09. The summed E-state index contributed by atoms with van der Waals surface area (Å²) in [4.78, 5) is 33.2. The Hall–Kier alpha value is -2.18. The molecule has 2 heterocycles. The van der Waals surface area contributed by atoms with E-state index in [2.05, 4.69) is 15.3 Å². The maximum Gasteiger partial charge on any atom is 0.251 e. The second kappa shape index (κ2) is 5.44. The molecular weight excluding hydrogens is 258 g/mol. The lowest BCUT2D eigenvalue weighted by Gasteiger charge is -2.29. The number of nitrogens with zero attached hydrogens (tertiary/aromatic N) is 3. The summed E-state index contributed by atoms with van der Waals surface area (Å²) in [6.45, 7) is 3.74. The van der Waals surface area contributed by atoms with Crippen molar-refractivity contribution < 1.29 is 9.59 Å². The molecular formula is C13H19N5O2. The van der Waals surface area contributed by atoms with E-state index in [4.69, 9.17) is 5.73 Å². The average Bonchev–Trinajstić information content (AvgIpc) is 2.44. The molecule has 7 heteroatoms. The second-order valence-electron chi connectivity index (χ2n) is 4.88. The first-order valence-electron chi connectivity index (χ1n) is 6.64. The Kier molecular flexibility index (Phi) is 3.87. The van der Waals surface area contributed by atoms with Gasteiger partial charge in [0, 0.05) is 25.5 Å². The highest BCUT2D eigenvalue weighted by Gasteiger charge is 2.32. The minimum atomic E-state index is -0.449. The van der Waals surface area contributed by atoms with E-state index in [1.807, 2.05) is 6.92 Å². The topological polar surface area (TPSA) is 101 Å². The number of carbonyl (C=O) groups is 2. The van der Waals surface area contributed by atoms with E-state index < -0.39 is 6.04 Å². The molecule has 108 valence electrons. The van der Waals surface area contributed by atoms with Crippen LogP contribution in [0, 0.1) is 6.92 Å². The van der Waals surface area contributed by atoms with Crippen molar-refractivity contribution in [2.24, 2.45) is 0 Å². The van der Waals surface area contributed by atoms with Crippen molar-refractivity contribution in [2.75, 3.05) is 18.1 Å². The first-order valence-corrected chi connectivity index (χ1v) is 6.64. The fraction of sp³-hybridized carbons (Fsp3) is 0.538. The van der Waals surface area contributed by atoms with Gasteiger partial charge in [-0.3, -0.25) is 14.5 Å². The van der Waals surface area contributed by atoms with E-state index in [-0.39, 0.29) is 11.8 Å². The van der Waals surface area contributed by atoms with Crippen LogP contribution in [0.3, 0.4) is 0 Å². The number of anilines is 2. The molecule has 0 radical (unpaired) electrons. The summed E-state index contributed by atoms with van der Waals surface area (Å²) in [5.74, 6) is 1.21. The van der Waals surface area contributed by atoms with Crippen LogP contribution in [0.4, 0.5) is 11.6 Å². The fourth-order valence-corrected chi connectivity index (χ4v) is 2.10. The van der Waals surface area contributed by atoms with Gasteiger partial charge in [0.1, 0.15) is 23.5 Å². The molecule has 0 saturated carbocycles. The summed E-state index contributed by atoms with van der Waals surface area (Å²) >= 11 is 0. The highest BCUT2D eigenvalue weighted by Crippen LogP contribution is 2.21. The molecule has 7 nitrogen and oxygen atoms in total. The SMILES string of the molecule is CCc1nc(N)c(C)c(NC2CCC(=O)N(C)C2=O)n1. The molecule has 1 fully saturated rings. The molecule has 1 aliphatic rings. The number of rotatable bonds is 3. The number of likely N-dealkylation sites (tertiary alicyclic amines) is 1. The molecule has 0 spiro atoms. The van der Waals surface area contributed by atoms with Crippen LogP contribution in [0.25, 0.3) is 0 Å². The molecule has 1 aromatic heterocycles. The van der Waals surface area contributed by atoms with Gasteiger partial charge in [0.15, 0.2) is 0 Å². The third-order valence-electron chi connectivity index (χ3n) is 3.51. The van der Waals surface area contributed by atoms with E-state index in [1.165, 1.54) is 7.05 Å². The van der Waals surface area contributed by atoms with Gasteiger partial charge >= 0.3 is 0 Å². The molecule has 20 heavy (non-hydrogen) atoms. The highest BCUT2D eigenvalue weighted by atomic mass is 16.2. The van der Waals surface area contributed by atoms with E-state index in [0.717, 1.165) is 10.5 Å². The van der Waals surface area contributed by atoms with Crippen molar-refractivity contribution >= 4 is 23.5 Å². The number of nitrogens with one attached hydrogen (secondary N) is 1. The minimum Gasteiger partial charge on any atom is -0.383 e. The van der Waals surface area contributed by atoms with E-state index in [1.54, 1.807) is 6.92 Å². The monoisotopic (exact) mass is 277 g/mol. The lowest BCUT2D eigenvalue weighted by atomic mass is 10.0. The van der Waals surface area contributed by atoms with Crippen molar-refractivity contribution in [3.8, 4) is 0 Å². The molecule has 0 aliphatic carbocycles. The molecule has 1 atom stereocenters. The number of hydrogen-bond acceptors (Lipinski definition) is 6.